The maximum atomic E-state index is 5.95. The van der Waals surface area contributed by atoms with Crippen LogP contribution >= 0.6 is 23.8 Å². The number of H-pyrrole nitrogens is 1. The molecule has 0 radical (unpaired) electrons. The lowest BCUT2D eigenvalue weighted by atomic mass is 10.1. The van der Waals surface area contributed by atoms with E-state index in [1.54, 1.807) is 25.6 Å². The molecular formula is C11H9ClN2OS. The smallest absolute Gasteiger partial charge is 0.128 e. The largest absolute Gasteiger partial charge is 0.496 e. The fourth-order valence-corrected chi connectivity index (χ4v) is 1.75. The zero-order valence-electron chi connectivity index (χ0n) is 8.53. The van der Waals surface area contributed by atoms with Gasteiger partial charge in [-0.3, -0.25) is 4.98 Å². The molecule has 0 unspecified atom stereocenters. The second-order valence-corrected chi connectivity index (χ2v) is 4.03. The average Bonchev–Trinajstić information content (AvgIpc) is 2.29. The van der Waals surface area contributed by atoms with Gasteiger partial charge in [0.15, 0.2) is 0 Å². The molecule has 0 atom stereocenters. The highest BCUT2D eigenvalue weighted by molar-refractivity contribution is 7.71. The Morgan fingerprint density at radius 1 is 1.38 bits per heavy atom. The maximum absolute atomic E-state index is 5.95. The van der Waals surface area contributed by atoms with Gasteiger partial charge in [-0.15, -0.1) is 0 Å². The van der Waals surface area contributed by atoms with Gasteiger partial charge in [-0.05, 0) is 18.2 Å². The number of aromatic amines is 1. The van der Waals surface area contributed by atoms with Gasteiger partial charge in [-0.2, -0.15) is 0 Å². The van der Waals surface area contributed by atoms with Crippen molar-refractivity contribution in [2.75, 3.05) is 7.11 Å². The molecule has 0 fully saturated rings. The van der Waals surface area contributed by atoms with Gasteiger partial charge >= 0.3 is 0 Å². The molecule has 0 aliphatic rings. The number of ether oxygens (including phenoxy) is 1. The number of aromatic nitrogens is 2. The van der Waals surface area contributed by atoms with E-state index in [4.69, 9.17) is 28.6 Å². The fraction of sp³-hybridized carbons (Fsp3) is 0.0909. The molecule has 5 heteroatoms. The third kappa shape index (κ3) is 2.23. The highest BCUT2D eigenvalue weighted by Crippen LogP contribution is 2.30. The molecule has 82 valence electrons. The van der Waals surface area contributed by atoms with Crippen molar-refractivity contribution in [3.05, 3.63) is 40.3 Å². The number of hydrogen-bond donors (Lipinski definition) is 1. The van der Waals surface area contributed by atoms with Gasteiger partial charge in [0.1, 0.15) is 10.4 Å². The van der Waals surface area contributed by atoms with Gasteiger partial charge in [0.05, 0.1) is 25.2 Å². The molecule has 1 N–H and O–H groups in total. The Hall–Kier alpha value is -1.39. The van der Waals surface area contributed by atoms with Crippen molar-refractivity contribution in [3.8, 4) is 17.0 Å². The van der Waals surface area contributed by atoms with E-state index >= 15 is 0 Å². The Kier molecular flexibility index (Phi) is 3.22. The standard InChI is InChI=1S/C11H9ClN2OS/c1-15-10-3-2-7(12)4-8(10)9-5-13-6-11(16)14-9/h2-6H,1H3,(H,14,16). The molecule has 2 aromatic rings. The summed E-state index contributed by atoms with van der Waals surface area (Å²) in [5, 5.41) is 0.638. The molecular weight excluding hydrogens is 244 g/mol. The van der Waals surface area contributed by atoms with Crippen LogP contribution in [0.1, 0.15) is 0 Å². The van der Waals surface area contributed by atoms with Crippen LogP contribution in [0.15, 0.2) is 30.6 Å². The zero-order valence-corrected chi connectivity index (χ0v) is 10.1. The molecule has 1 aromatic carbocycles. The summed E-state index contributed by atoms with van der Waals surface area (Å²) in [7, 11) is 1.61. The summed E-state index contributed by atoms with van der Waals surface area (Å²) in [6.45, 7) is 0. The van der Waals surface area contributed by atoms with Crippen LogP contribution in [0.25, 0.3) is 11.3 Å². The van der Waals surface area contributed by atoms with E-state index in [2.05, 4.69) is 9.97 Å². The summed E-state index contributed by atoms with van der Waals surface area (Å²) < 4.78 is 5.82. The Labute approximate surface area is 103 Å². The van der Waals surface area contributed by atoms with Gasteiger partial charge in [0, 0.05) is 10.6 Å². The van der Waals surface area contributed by atoms with Crippen molar-refractivity contribution in [1.82, 2.24) is 9.97 Å². The van der Waals surface area contributed by atoms with Crippen LogP contribution in [0.5, 0.6) is 5.75 Å². The number of hydrogen-bond acceptors (Lipinski definition) is 3. The first-order valence-corrected chi connectivity index (χ1v) is 5.37. The highest BCUT2D eigenvalue weighted by atomic mass is 35.5. The summed E-state index contributed by atoms with van der Waals surface area (Å²) in [5.74, 6) is 0.725. The SMILES string of the molecule is COc1ccc(Cl)cc1-c1cncc(=S)[nH]1. The van der Waals surface area contributed by atoms with Gasteiger partial charge < -0.3 is 9.72 Å². The van der Waals surface area contributed by atoms with Crippen LogP contribution in [0.2, 0.25) is 5.02 Å². The second-order valence-electron chi connectivity index (χ2n) is 3.15. The van der Waals surface area contributed by atoms with Crippen LogP contribution in [0.4, 0.5) is 0 Å². The van der Waals surface area contributed by atoms with Crippen molar-refractivity contribution < 1.29 is 4.74 Å². The van der Waals surface area contributed by atoms with Crippen LogP contribution in [-0.4, -0.2) is 17.1 Å². The Balaban J connectivity index is 2.62. The lowest BCUT2D eigenvalue weighted by molar-refractivity contribution is 0.416. The van der Waals surface area contributed by atoms with Gasteiger partial charge in [-0.25, -0.2) is 0 Å². The lowest BCUT2D eigenvalue weighted by Crippen LogP contribution is -1.91. The molecule has 1 heterocycles. The molecule has 1 aromatic heterocycles. The second kappa shape index (κ2) is 4.63. The van der Waals surface area contributed by atoms with Crippen molar-refractivity contribution in [3.63, 3.8) is 0 Å². The van der Waals surface area contributed by atoms with Crippen molar-refractivity contribution in [2.45, 2.75) is 0 Å². The van der Waals surface area contributed by atoms with E-state index in [9.17, 15) is 0 Å². The number of rotatable bonds is 2. The van der Waals surface area contributed by atoms with E-state index in [-0.39, 0.29) is 0 Å². The third-order valence-electron chi connectivity index (χ3n) is 2.10. The van der Waals surface area contributed by atoms with Gasteiger partial charge in [-0.1, -0.05) is 23.8 Å². The summed E-state index contributed by atoms with van der Waals surface area (Å²) in [4.78, 5) is 7.07. The predicted molar refractivity (Wildman–Crippen MR) is 66.4 cm³/mol. The summed E-state index contributed by atoms with van der Waals surface area (Å²) >= 11 is 11.0. The number of halogens is 1. The predicted octanol–water partition coefficient (Wildman–Crippen LogP) is 3.47. The average molecular weight is 253 g/mol. The van der Waals surface area contributed by atoms with E-state index in [1.165, 1.54) is 0 Å². The first-order chi connectivity index (χ1) is 7.70. The minimum atomic E-state index is 0.569. The van der Waals surface area contributed by atoms with Gasteiger partial charge in [0.25, 0.3) is 0 Å². The summed E-state index contributed by atoms with van der Waals surface area (Å²) in [5.41, 5.74) is 1.63. The Bertz CT molecular complexity index is 568. The molecule has 2 rings (SSSR count). The minimum absolute atomic E-state index is 0.569. The highest BCUT2D eigenvalue weighted by Gasteiger charge is 2.06. The number of methoxy groups -OCH3 is 1. The van der Waals surface area contributed by atoms with Crippen molar-refractivity contribution in [2.24, 2.45) is 0 Å². The number of nitrogens with zero attached hydrogens (tertiary/aromatic N) is 1. The number of benzene rings is 1. The molecule has 0 saturated heterocycles. The summed E-state index contributed by atoms with van der Waals surface area (Å²) in [6, 6.07) is 5.39. The van der Waals surface area contributed by atoms with Crippen LogP contribution in [0.3, 0.4) is 0 Å². The quantitative estimate of drug-likeness (QED) is 0.832. The first kappa shape index (κ1) is 11.1. The maximum Gasteiger partial charge on any atom is 0.128 e. The molecule has 0 aliphatic carbocycles. The topological polar surface area (TPSA) is 37.9 Å². The van der Waals surface area contributed by atoms with Gasteiger partial charge in [0.2, 0.25) is 0 Å². The van der Waals surface area contributed by atoms with E-state index in [0.717, 1.165) is 17.0 Å². The van der Waals surface area contributed by atoms with E-state index in [1.807, 2.05) is 12.1 Å². The Morgan fingerprint density at radius 3 is 2.88 bits per heavy atom. The van der Waals surface area contributed by atoms with Crippen molar-refractivity contribution >= 4 is 23.8 Å². The number of nitrogens with one attached hydrogen (secondary N) is 1. The van der Waals surface area contributed by atoms with E-state index < -0.39 is 0 Å². The third-order valence-corrected chi connectivity index (χ3v) is 2.55. The summed E-state index contributed by atoms with van der Waals surface area (Å²) in [6.07, 6.45) is 3.26. The monoisotopic (exact) mass is 252 g/mol. The Morgan fingerprint density at radius 2 is 2.19 bits per heavy atom. The first-order valence-electron chi connectivity index (χ1n) is 4.59. The van der Waals surface area contributed by atoms with Crippen LogP contribution in [-0.2, 0) is 0 Å². The molecule has 3 nitrogen and oxygen atoms in total. The molecule has 16 heavy (non-hydrogen) atoms. The zero-order chi connectivity index (χ0) is 11.5. The van der Waals surface area contributed by atoms with E-state index in [0.29, 0.717) is 9.66 Å². The molecule has 0 spiro atoms. The molecule has 0 saturated carbocycles. The van der Waals surface area contributed by atoms with Crippen LogP contribution in [0, 0.1) is 4.64 Å². The minimum Gasteiger partial charge on any atom is -0.496 e. The lowest BCUT2D eigenvalue weighted by Gasteiger charge is -2.08. The molecule has 0 bridgehead atoms. The fourth-order valence-electron chi connectivity index (χ4n) is 1.40. The van der Waals surface area contributed by atoms with Crippen molar-refractivity contribution in [1.29, 1.82) is 0 Å². The normalized spacial score (nSPS) is 10.1. The molecule has 0 aliphatic heterocycles. The van der Waals surface area contributed by atoms with Crippen LogP contribution < -0.4 is 4.74 Å². The molecule has 0 amide bonds.